The summed E-state index contributed by atoms with van der Waals surface area (Å²) in [5.41, 5.74) is 1.03. The third-order valence-electron chi connectivity index (χ3n) is 3.63. The largest absolute Gasteiger partial charge is 0.396 e. The van der Waals surface area contributed by atoms with E-state index in [0.29, 0.717) is 6.54 Å². The number of benzene rings is 1. The zero-order valence-corrected chi connectivity index (χ0v) is 12.2. The van der Waals surface area contributed by atoms with Crippen molar-refractivity contribution in [1.82, 2.24) is 10.6 Å². The number of carbonyl (C=O) groups is 1. The Balaban J connectivity index is 1.77. The first kappa shape index (κ1) is 15.5. The van der Waals surface area contributed by atoms with Crippen molar-refractivity contribution in [3.05, 3.63) is 48.0 Å². The van der Waals surface area contributed by atoms with Crippen LogP contribution in [-0.2, 0) is 4.74 Å². The van der Waals surface area contributed by atoms with Crippen molar-refractivity contribution in [2.75, 3.05) is 20.3 Å². The Morgan fingerprint density at radius 3 is 2.76 bits per heavy atom. The SMILES string of the molecule is COC(CNC(=O)N[C@@H]1C=C[C@H](CO)C1)c1ccccc1. The van der Waals surface area contributed by atoms with Gasteiger partial charge in [0, 0.05) is 32.2 Å². The highest BCUT2D eigenvalue weighted by Gasteiger charge is 2.20. The summed E-state index contributed by atoms with van der Waals surface area (Å²) >= 11 is 0. The first-order chi connectivity index (χ1) is 10.2. The molecule has 0 spiro atoms. The maximum Gasteiger partial charge on any atom is 0.315 e. The molecule has 0 heterocycles. The normalized spacial score (nSPS) is 22.0. The third-order valence-corrected chi connectivity index (χ3v) is 3.63. The molecule has 1 unspecified atom stereocenters. The number of carbonyl (C=O) groups excluding carboxylic acids is 1. The van der Waals surface area contributed by atoms with Gasteiger partial charge in [-0.15, -0.1) is 0 Å². The van der Waals surface area contributed by atoms with Crippen molar-refractivity contribution in [1.29, 1.82) is 0 Å². The van der Waals surface area contributed by atoms with Gasteiger partial charge in [-0.1, -0.05) is 42.5 Å². The molecule has 1 aliphatic rings. The molecular weight excluding hydrogens is 268 g/mol. The Bertz CT molecular complexity index is 476. The lowest BCUT2D eigenvalue weighted by atomic mass is 10.1. The van der Waals surface area contributed by atoms with Crippen LogP contribution in [0.15, 0.2) is 42.5 Å². The van der Waals surface area contributed by atoms with Gasteiger partial charge in [0.15, 0.2) is 0 Å². The van der Waals surface area contributed by atoms with Crippen molar-refractivity contribution in [2.45, 2.75) is 18.6 Å². The van der Waals surface area contributed by atoms with Gasteiger partial charge in [0.25, 0.3) is 0 Å². The molecule has 2 rings (SSSR count). The Hall–Kier alpha value is -1.85. The van der Waals surface area contributed by atoms with E-state index >= 15 is 0 Å². The molecule has 0 radical (unpaired) electrons. The Labute approximate surface area is 125 Å². The van der Waals surface area contributed by atoms with E-state index in [1.807, 2.05) is 42.5 Å². The highest BCUT2D eigenvalue weighted by atomic mass is 16.5. The minimum Gasteiger partial charge on any atom is -0.396 e. The summed E-state index contributed by atoms with van der Waals surface area (Å²) in [5, 5.41) is 14.7. The van der Waals surface area contributed by atoms with Gasteiger partial charge < -0.3 is 20.5 Å². The van der Waals surface area contributed by atoms with E-state index in [4.69, 9.17) is 9.84 Å². The first-order valence-corrected chi connectivity index (χ1v) is 7.14. The number of urea groups is 1. The van der Waals surface area contributed by atoms with Crippen LogP contribution < -0.4 is 10.6 Å². The van der Waals surface area contributed by atoms with Crippen LogP contribution >= 0.6 is 0 Å². The number of nitrogens with one attached hydrogen (secondary N) is 2. The van der Waals surface area contributed by atoms with Crippen LogP contribution in [0.3, 0.4) is 0 Å². The molecule has 3 N–H and O–H groups in total. The van der Waals surface area contributed by atoms with Crippen molar-refractivity contribution in [2.24, 2.45) is 5.92 Å². The van der Waals surface area contributed by atoms with E-state index in [1.165, 1.54) is 0 Å². The van der Waals surface area contributed by atoms with Gasteiger partial charge in [-0.3, -0.25) is 0 Å². The van der Waals surface area contributed by atoms with Gasteiger partial charge in [-0.2, -0.15) is 0 Å². The molecule has 0 bridgehead atoms. The minimum atomic E-state index is -0.221. The predicted molar refractivity (Wildman–Crippen MR) is 80.8 cm³/mol. The smallest absolute Gasteiger partial charge is 0.315 e. The van der Waals surface area contributed by atoms with E-state index in [0.717, 1.165) is 12.0 Å². The molecule has 0 aliphatic heterocycles. The zero-order chi connectivity index (χ0) is 15.1. The van der Waals surface area contributed by atoms with Crippen molar-refractivity contribution in [3.63, 3.8) is 0 Å². The van der Waals surface area contributed by atoms with Crippen LogP contribution in [0.1, 0.15) is 18.1 Å². The molecule has 2 amide bonds. The molecule has 114 valence electrons. The Morgan fingerprint density at radius 1 is 1.38 bits per heavy atom. The monoisotopic (exact) mass is 290 g/mol. The molecule has 0 aromatic heterocycles. The molecule has 1 aromatic carbocycles. The minimum absolute atomic E-state index is 0.0140. The summed E-state index contributed by atoms with van der Waals surface area (Å²) in [6, 6.07) is 9.54. The van der Waals surface area contributed by atoms with Crippen LogP contribution in [0.2, 0.25) is 0 Å². The van der Waals surface area contributed by atoms with Crippen molar-refractivity contribution in [3.8, 4) is 0 Å². The average Bonchev–Trinajstić information content (AvgIpc) is 2.96. The second-order valence-electron chi connectivity index (χ2n) is 5.16. The number of ether oxygens (including phenoxy) is 1. The summed E-state index contributed by atoms with van der Waals surface area (Å²) < 4.78 is 5.40. The number of aliphatic hydroxyl groups excluding tert-OH is 1. The maximum absolute atomic E-state index is 11.9. The zero-order valence-electron chi connectivity index (χ0n) is 12.2. The van der Waals surface area contributed by atoms with Crippen LogP contribution in [0.5, 0.6) is 0 Å². The average molecular weight is 290 g/mol. The fourth-order valence-corrected chi connectivity index (χ4v) is 2.43. The summed E-state index contributed by atoms with van der Waals surface area (Å²) in [5.74, 6) is 0.145. The molecule has 3 atom stereocenters. The fourth-order valence-electron chi connectivity index (χ4n) is 2.43. The standard InChI is InChI=1S/C16H22N2O3/c1-21-15(13-5-3-2-4-6-13)10-17-16(20)18-14-8-7-12(9-14)11-19/h2-8,12,14-15,19H,9-11H2,1H3,(H2,17,18,20)/t12-,14+,15?/m0/s1. The van der Waals surface area contributed by atoms with E-state index in [-0.39, 0.29) is 30.7 Å². The van der Waals surface area contributed by atoms with Crippen LogP contribution in [0, 0.1) is 5.92 Å². The van der Waals surface area contributed by atoms with Crippen LogP contribution in [-0.4, -0.2) is 37.4 Å². The van der Waals surface area contributed by atoms with Crippen LogP contribution in [0.25, 0.3) is 0 Å². The molecule has 0 saturated heterocycles. The van der Waals surface area contributed by atoms with E-state index in [1.54, 1.807) is 7.11 Å². The quantitative estimate of drug-likeness (QED) is 0.697. The predicted octanol–water partition coefficient (Wildman–Crippen LogP) is 1.61. The number of hydrogen-bond donors (Lipinski definition) is 3. The van der Waals surface area contributed by atoms with Gasteiger partial charge >= 0.3 is 6.03 Å². The number of hydrogen-bond acceptors (Lipinski definition) is 3. The molecule has 21 heavy (non-hydrogen) atoms. The number of amides is 2. The molecular formula is C16H22N2O3. The summed E-state index contributed by atoms with van der Waals surface area (Å²) in [6.07, 6.45) is 4.44. The first-order valence-electron chi connectivity index (χ1n) is 7.14. The van der Waals surface area contributed by atoms with Crippen LogP contribution in [0.4, 0.5) is 4.79 Å². The van der Waals surface area contributed by atoms with Gasteiger partial charge in [0.1, 0.15) is 0 Å². The van der Waals surface area contributed by atoms with Gasteiger partial charge in [0.05, 0.1) is 6.10 Å². The summed E-state index contributed by atoms with van der Waals surface area (Å²) in [7, 11) is 1.63. The van der Waals surface area contributed by atoms with Crippen molar-refractivity contribution < 1.29 is 14.6 Å². The summed E-state index contributed by atoms with van der Waals surface area (Å²) in [4.78, 5) is 11.9. The molecule has 0 saturated carbocycles. The highest BCUT2D eigenvalue weighted by Crippen LogP contribution is 2.17. The second kappa shape index (κ2) is 7.81. The molecule has 5 nitrogen and oxygen atoms in total. The molecule has 1 aliphatic carbocycles. The lowest BCUT2D eigenvalue weighted by Crippen LogP contribution is -2.42. The van der Waals surface area contributed by atoms with E-state index < -0.39 is 0 Å². The lowest BCUT2D eigenvalue weighted by molar-refractivity contribution is 0.104. The topological polar surface area (TPSA) is 70.6 Å². The second-order valence-corrected chi connectivity index (χ2v) is 5.16. The Kier molecular flexibility index (Phi) is 5.78. The van der Waals surface area contributed by atoms with Gasteiger partial charge in [-0.25, -0.2) is 4.79 Å². The molecule has 5 heteroatoms. The van der Waals surface area contributed by atoms with E-state index in [2.05, 4.69) is 10.6 Å². The third kappa shape index (κ3) is 4.58. The Morgan fingerprint density at radius 2 is 2.14 bits per heavy atom. The fraction of sp³-hybridized carbons (Fsp3) is 0.438. The number of aliphatic hydroxyl groups is 1. The molecule has 1 aromatic rings. The van der Waals surface area contributed by atoms with E-state index in [9.17, 15) is 4.79 Å². The maximum atomic E-state index is 11.9. The summed E-state index contributed by atoms with van der Waals surface area (Å²) in [6.45, 7) is 0.530. The highest BCUT2D eigenvalue weighted by molar-refractivity contribution is 5.74. The van der Waals surface area contributed by atoms with Gasteiger partial charge in [0.2, 0.25) is 0 Å². The number of methoxy groups -OCH3 is 1. The van der Waals surface area contributed by atoms with Gasteiger partial charge in [-0.05, 0) is 12.0 Å². The molecule has 0 fully saturated rings. The van der Waals surface area contributed by atoms with Crippen molar-refractivity contribution >= 4 is 6.03 Å². The lowest BCUT2D eigenvalue weighted by Gasteiger charge is -2.18. The number of rotatable bonds is 6.